The van der Waals surface area contributed by atoms with Crippen LogP contribution in [0.5, 0.6) is 0 Å². The zero-order valence-corrected chi connectivity index (χ0v) is 12.4. The fraction of sp³-hybridized carbons (Fsp3) is 0.615. The first-order chi connectivity index (χ1) is 8.91. The molecule has 5 nitrogen and oxygen atoms in total. The lowest BCUT2D eigenvalue weighted by Gasteiger charge is -2.22. The number of hydrogen-bond acceptors (Lipinski definition) is 5. The van der Waals surface area contributed by atoms with Gasteiger partial charge in [0.25, 0.3) is 0 Å². The molecule has 2 atom stereocenters. The fourth-order valence-corrected chi connectivity index (χ4v) is 2.73. The minimum absolute atomic E-state index is 0.266. The van der Waals surface area contributed by atoms with Crippen molar-refractivity contribution < 1.29 is 5.11 Å². The highest BCUT2D eigenvalue weighted by Crippen LogP contribution is 2.28. The second kappa shape index (κ2) is 5.38. The molecule has 2 rings (SSSR count). The smallest absolute Gasteiger partial charge is 0.161 e. The van der Waals surface area contributed by atoms with Gasteiger partial charge in [-0.05, 0) is 32.8 Å². The molecule has 2 heterocycles. The van der Waals surface area contributed by atoms with E-state index in [1.807, 2.05) is 20.8 Å². The topological polar surface area (TPSA) is 75.3 Å². The number of aliphatic hydroxyl groups is 1. The SMILES string of the molecule is Cc1nnc(N2CCC(C(C)O)C2)c(C(N)=S)c1C. The summed E-state index contributed by atoms with van der Waals surface area (Å²) in [5.74, 6) is 1.02. The van der Waals surface area contributed by atoms with Gasteiger partial charge in [0.2, 0.25) is 0 Å². The van der Waals surface area contributed by atoms with E-state index < -0.39 is 0 Å². The van der Waals surface area contributed by atoms with Gasteiger partial charge < -0.3 is 15.7 Å². The third kappa shape index (κ3) is 2.69. The molecule has 1 aromatic rings. The summed E-state index contributed by atoms with van der Waals surface area (Å²) in [5, 5.41) is 18.1. The molecule has 1 saturated heterocycles. The minimum Gasteiger partial charge on any atom is -0.393 e. The van der Waals surface area contributed by atoms with Gasteiger partial charge in [0.05, 0.1) is 17.4 Å². The van der Waals surface area contributed by atoms with E-state index in [9.17, 15) is 5.11 Å². The Hall–Kier alpha value is -1.27. The average molecular weight is 280 g/mol. The molecule has 0 bridgehead atoms. The Bertz CT molecular complexity index is 504. The molecule has 0 spiro atoms. The maximum Gasteiger partial charge on any atom is 0.161 e. The van der Waals surface area contributed by atoms with Gasteiger partial charge in [0, 0.05) is 19.0 Å². The Morgan fingerprint density at radius 2 is 2.16 bits per heavy atom. The molecule has 6 heteroatoms. The number of aryl methyl sites for hydroxylation is 1. The Labute approximate surface area is 118 Å². The van der Waals surface area contributed by atoms with Crippen molar-refractivity contribution in [2.45, 2.75) is 33.3 Å². The molecular weight excluding hydrogens is 260 g/mol. The maximum atomic E-state index is 9.68. The first kappa shape index (κ1) is 14.1. The third-order valence-corrected chi connectivity index (χ3v) is 4.09. The summed E-state index contributed by atoms with van der Waals surface area (Å²) in [6.07, 6.45) is 0.640. The molecule has 104 valence electrons. The van der Waals surface area contributed by atoms with E-state index in [4.69, 9.17) is 18.0 Å². The zero-order chi connectivity index (χ0) is 14.2. The molecule has 2 unspecified atom stereocenters. The van der Waals surface area contributed by atoms with Gasteiger partial charge >= 0.3 is 0 Å². The standard InChI is InChI=1S/C13H20N4OS/c1-7-8(2)15-16-13(11(7)12(14)19)17-5-4-10(6-17)9(3)18/h9-10,18H,4-6H2,1-3H3,(H2,14,19). The van der Waals surface area contributed by atoms with Gasteiger partial charge in [-0.3, -0.25) is 0 Å². The summed E-state index contributed by atoms with van der Waals surface area (Å²) in [6.45, 7) is 7.31. The average Bonchev–Trinajstić information content (AvgIpc) is 2.81. The highest BCUT2D eigenvalue weighted by Gasteiger charge is 2.29. The first-order valence-electron chi connectivity index (χ1n) is 6.48. The van der Waals surface area contributed by atoms with Crippen LogP contribution >= 0.6 is 12.2 Å². The van der Waals surface area contributed by atoms with E-state index in [2.05, 4.69) is 15.1 Å². The van der Waals surface area contributed by atoms with Crippen LogP contribution in [0.4, 0.5) is 5.82 Å². The molecule has 0 aromatic carbocycles. The fourth-order valence-electron chi connectivity index (χ4n) is 2.49. The highest BCUT2D eigenvalue weighted by atomic mass is 32.1. The summed E-state index contributed by atoms with van der Waals surface area (Å²) in [4.78, 5) is 2.47. The molecule has 0 radical (unpaired) electrons. The Morgan fingerprint density at radius 1 is 1.47 bits per heavy atom. The largest absolute Gasteiger partial charge is 0.393 e. The summed E-state index contributed by atoms with van der Waals surface area (Å²) < 4.78 is 0. The summed E-state index contributed by atoms with van der Waals surface area (Å²) in [6, 6.07) is 0. The number of aromatic nitrogens is 2. The van der Waals surface area contributed by atoms with E-state index in [0.717, 1.165) is 42.1 Å². The molecular formula is C13H20N4OS. The molecule has 0 aliphatic carbocycles. The molecule has 1 aromatic heterocycles. The molecule has 19 heavy (non-hydrogen) atoms. The van der Waals surface area contributed by atoms with Crippen molar-refractivity contribution in [1.82, 2.24) is 10.2 Å². The number of rotatable bonds is 3. The monoisotopic (exact) mass is 280 g/mol. The van der Waals surface area contributed by atoms with Crippen molar-refractivity contribution in [2.24, 2.45) is 11.7 Å². The maximum absolute atomic E-state index is 9.68. The molecule has 1 aliphatic rings. The van der Waals surface area contributed by atoms with Crippen LogP contribution in [0.3, 0.4) is 0 Å². The molecule has 0 amide bonds. The Balaban J connectivity index is 2.36. The van der Waals surface area contributed by atoms with Gasteiger partial charge in [-0.2, -0.15) is 5.10 Å². The van der Waals surface area contributed by atoms with Crippen molar-refractivity contribution in [3.63, 3.8) is 0 Å². The van der Waals surface area contributed by atoms with Gasteiger partial charge in [0.15, 0.2) is 5.82 Å². The predicted molar refractivity (Wildman–Crippen MR) is 79.4 cm³/mol. The Morgan fingerprint density at radius 3 is 2.68 bits per heavy atom. The number of aliphatic hydroxyl groups excluding tert-OH is 1. The lowest BCUT2D eigenvalue weighted by Crippen LogP contribution is -2.28. The van der Waals surface area contributed by atoms with Gasteiger partial charge in [0.1, 0.15) is 4.99 Å². The predicted octanol–water partition coefficient (Wildman–Crippen LogP) is 0.935. The molecule has 3 N–H and O–H groups in total. The van der Waals surface area contributed by atoms with Crippen LogP contribution in [0, 0.1) is 19.8 Å². The van der Waals surface area contributed by atoms with Gasteiger partial charge in [-0.1, -0.05) is 12.2 Å². The van der Waals surface area contributed by atoms with Crippen LogP contribution in [0.1, 0.15) is 30.2 Å². The van der Waals surface area contributed by atoms with Crippen LogP contribution in [0.25, 0.3) is 0 Å². The number of nitrogens with two attached hydrogens (primary N) is 1. The molecule has 0 saturated carbocycles. The van der Waals surface area contributed by atoms with E-state index in [1.54, 1.807) is 0 Å². The van der Waals surface area contributed by atoms with E-state index in [-0.39, 0.29) is 12.0 Å². The van der Waals surface area contributed by atoms with E-state index in [0.29, 0.717) is 4.99 Å². The van der Waals surface area contributed by atoms with Crippen molar-refractivity contribution in [2.75, 3.05) is 18.0 Å². The lowest BCUT2D eigenvalue weighted by molar-refractivity contribution is 0.136. The normalized spacial score (nSPS) is 20.6. The third-order valence-electron chi connectivity index (χ3n) is 3.89. The molecule has 1 aliphatic heterocycles. The van der Waals surface area contributed by atoms with Gasteiger partial charge in [-0.25, -0.2) is 0 Å². The van der Waals surface area contributed by atoms with Crippen molar-refractivity contribution in [3.8, 4) is 0 Å². The first-order valence-corrected chi connectivity index (χ1v) is 6.89. The lowest BCUT2D eigenvalue weighted by atomic mass is 10.0. The second-order valence-electron chi connectivity index (χ2n) is 5.21. The van der Waals surface area contributed by atoms with E-state index >= 15 is 0 Å². The quantitative estimate of drug-likeness (QED) is 0.803. The van der Waals surface area contributed by atoms with Crippen LogP contribution in [-0.2, 0) is 0 Å². The number of thiocarbonyl (C=S) groups is 1. The zero-order valence-electron chi connectivity index (χ0n) is 11.6. The van der Waals surface area contributed by atoms with E-state index in [1.165, 1.54) is 0 Å². The minimum atomic E-state index is -0.308. The van der Waals surface area contributed by atoms with Crippen molar-refractivity contribution >= 4 is 23.0 Å². The summed E-state index contributed by atoms with van der Waals surface area (Å²) in [7, 11) is 0. The summed E-state index contributed by atoms with van der Waals surface area (Å²) in [5.41, 5.74) is 8.48. The second-order valence-corrected chi connectivity index (χ2v) is 5.65. The van der Waals surface area contributed by atoms with Crippen LogP contribution in [0.2, 0.25) is 0 Å². The summed E-state index contributed by atoms with van der Waals surface area (Å²) >= 11 is 5.15. The van der Waals surface area contributed by atoms with Crippen LogP contribution < -0.4 is 10.6 Å². The number of hydrogen-bond donors (Lipinski definition) is 2. The van der Waals surface area contributed by atoms with Crippen molar-refractivity contribution in [1.29, 1.82) is 0 Å². The van der Waals surface area contributed by atoms with Crippen LogP contribution in [0.15, 0.2) is 0 Å². The number of anilines is 1. The van der Waals surface area contributed by atoms with Crippen LogP contribution in [-0.4, -0.2) is 39.5 Å². The Kier molecular flexibility index (Phi) is 4.01. The molecule has 1 fully saturated rings. The van der Waals surface area contributed by atoms with Gasteiger partial charge in [-0.15, -0.1) is 5.10 Å². The van der Waals surface area contributed by atoms with Crippen molar-refractivity contribution in [3.05, 3.63) is 16.8 Å². The number of nitrogens with zero attached hydrogens (tertiary/aromatic N) is 3. The highest BCUT2D eigenvalue weighted by molar-refractivity contribution is 7.80.